The van der Waals surface area contributed by atoms with Crippen molar-refractivity contribution in [2.45, 2.75) is 37.2 Å². The van der Waals surface area contributed by atoms with Crippen LogP contribution < -0.4 is 10.9 Å². The molecule has 1 amide bonds. The van der Waals surface area contributed by atoms with Gasteiger partial charge in [0.05, 0.1) is 22.7 Å². The Morgan fingerprint density at radius 3 is 2.64 bits per heavy atom. The molecule has 0 bridgehead atoms. The smallest absolute Gasteiger partial charge is 0.262 e. The molecule has 0 saturated heterocycles. The van der Waals surface area contributed by atoms with Crippen molar-refractivity contribution >= 4 is 28.6 Å². The molecule has 0 spiro atoms. The topological polar surface area (TPSA) is 64.0 Å². The van der Waals surface area contributed by atoms with Gasteiger partial charge in [-0.2, -0.15) is 0 Å². The van der Waals surface area contributed by atoms with Crippen molar-refractivity contribution in [3.05, 3.63) is 70.3 Å². The van der Waals surface area contributed by atoms with E-state index in [0.717, 1.165) is 12.0 Å². The van der Waals surface area contributed by atoms with Gasteiger partial charge in [0.25, 0.3) is 5.56 Å². The Bertz CT molecular complexity index is 1030. The molecule has 1 N–H and O–H groups in total. The largest absolute Gasteiger partial charge is 0.355 e. The molecule has 0 radical (unpaired) electrons. The lowest BCUT2D eigenvalue weighted by Gasteiger charge is -2.16. The van der Waals surface area contributed by atoms with Gasteiger partial charge in [0.1, 0.15) is 5.82 Å². The second-order valence-corrected chi connectivity index (χ2v) is 7.79. The Morgan fingerprint density at radius 1 is 1.21 bits per heavy atom. The molecule has 0 saturated carbocycles. The molecule has 0 unspecified atom stereocenters. The number of rotatable bonds is 7. The first kappa shape index (κ1) is 20.1. The summed E-state index contributed by atoms with van der Waals surface area (Å²) in [7, 11) is 0. The van der Waals surface area contributed by atoms with E-state index in [9.17, 15) is 14.0 Å². The number of hydrogen-bond acceptors (Lipinski definition) is 4. The lowest BCUT2D eigenvalue weighted by Crippen LogP contribution is -2.32. The van der Waals surface area contributed by atoms with E-state index >= 15 is 0 Å². The van der Waals surface area contributed by atoms with Crippen LogP contribution in [-0.2, 0) is 11.3 Å². The van der Waals surface area contributed by atoms with Crippen LogP contribution in [0.25, 0.3) is 10.9 Å². The fourth-order valence-corrected chi connectivity index (χ4v) is 3.69. The highest BCUT2D eigenvalue weighted by molar-refractivity contribution is 8.00. The van der Waals surface area contributed by atoms with Crippen LogP contribution in [0.15, 0.2) is 58.5 Å². The number of amides is 1. The number of para-hydroxylation sites is 1. The summed E-state index contributed by atoms with van der Waals surface area (Å²) in [4.78, 5) is 30.0. The first-order valence-electron chi connectivity index (χ1n) is 9.18. The van der Waals surface area contributed by atoms with Gasteiger partial charge in [0.2, 0.25) is 5.91 Å². The third-order valence-electron chi connectivity index (χ3n) is 4.28. The number of thioether (sulfide) groups is 1. The molecule has 1 aromatic heterocycles. The van der Waals surface area contributed by atoms with E-state index in [2.05, 4.69) is 10.3 Å². The fraction of sp³-hybridized carbons (Fsp3) is 0.286. The minimum atomic E-state index is -0.404. The van der Waals surface area contributed by atoms with E-state index in [4.69, 9.17) is 0 Å². The van der Waals surface area contributed by atoms with E-state index in [1.54, 1.807) is 41.8 Å². The molecule has 28 heavy (non-hydrogen) atoms. The van der Waals surface area contributed by atoms with E-state index < -0.39 is 5.25 Å². The number of aromatic nitrogens is 2. The molecule has 7 heteroatoms. The number of carbonyl (C=O) groups excluding carboxylic acids is 1. The van der Waals surface area contributed by atoms with Crippen molar-refractivity contribution in [3.8, 4) is 0 Å². The van der Waals surface area contributed by atoms with Gasteiger partial charge < -0.3 is 5.32 Å². The quantitative estimate of drug-likeness (QED) is 0.487. The minimum Gasteiger partial charge on any atom is -0.355 e. The first-order chi connectivity index (χ1) is 13.5. The van der Waals surface area contributed by atoms with Crippen LogP contribution in [0.5, 0.6) is 0 Å². The maximum atomic E-state index is 13.2. The Kier molecular flexibility index (Phi) is 6.46. The first-order valence-corrected chi connectivity index (χ1v) is 10.1. The van der Waals surface area contributed by atoms with Gasteiger partial charge in [-0.3, -0.25) is 14.2 Å². The summed E-state index contributed by atoms with van der Waals surface area (Å²) in [6.45, 7) is 4.64. The lowest BCUT2D eigenvalue weighted by molar-refractivity contribution is -0.120. The number of hydrogen-bond donors (Lipinski definition) is 1. The Balaban J connectivity index is 2.00. The van der Waals surface area contributed by atoms with Crippen LogP contribution >= 0.6 is 11.8 Å². The van der Waals surface area contributed by atoms with Crippen molar-refractivity contribution in [1.29, 1.82) is 0 Å². The van der Waals surface area contributed by atoms with Gasteiger partial charge in [-0.1, -0.05) is 43.0 Å². The predicted octanol–water partition coefficient (Wildman–Crippen LogP) is 3.59. The highest BCUT2D eigenvalue weighted by Crippen LogP contribution is 2.23. The van der Waals surface area contributed by atoms with Crippen molar-refractivity contribution in [2.24, 2.45) is 0 Å². The highest BCUT2D eigenvalue weighted by atomic mass is 32.2. The molecule has 1 atom stereocenters. The third kappa shape index (κ3) is 4.59. The minimum absolute atomic E-state index is 0.0948. The Hall–Kier alpha value is -2.67. The second kappa shape index (κ2) is 9.01. The normalized spacial score (nSPS) is 12.1. The summed E-state index contributed by atoms with van der Waals surface area (Å²) in [5.41, 5.74) is 1.19. The average Bonchev–Trinajstić information content (AvgIpc) is 2.70. The number of halogens is 1. The van der Waals surface area contributed by atoms with Crippen LogP contribution in [0.2, 0.25) is 0 Å². The van der Waals surface area contributed by atoms with Crippen molar-refractivity contribution in [2.75, 3.05) is 6.54 Å². The van der Waals surface area contributed by atoms with Gasteiger partial charge in [0.15, 0.2) is 5.16 Å². The van der Waals surface area contributed by atoms with Crippen LogP contribution in [0.4, 0.5) is 4.39 Å². The van der Waals surface area contributed by atoms with Crippen LogP contribution in [0.1, 0.15) is 25.8 Å². The van der Waals surface area contributed by atoms with Crippen molar-refractivity contribution in [3.63, 3.8) is 0 Å². The number of nitrogens with one attached hydrogen (secondary N) is 1. The molecule has 146 valence electrons. The standard InChI is InChI=1S/C21H22FN3O2S/c1-3-12-23-19(26)14(2)28-21-24-18-7-5-4-6-17(18)20(27)25(21)13-15-8-10-16(22)11-9-15/h4-11,14H,3,12-13H2,1-2H3,(H,23,26)/t14-/m1/s1. The van der Waals surface area contributed by atoms with E-state index in [0.29, 0.717) is 22.6 Å². The molecular formula is C21H22FN3O2S. The molecule has 0 aliphatic carbocycles. The zero-order valence-corrected chi connectivity index (χ0v) is 16.6. The van der Waals surface area contributed by atoms with Gasteiger partial charge in [-0.15, -0.1) is 0 Å². The van der Waals surface area contributed by atoms with E-state index in [1.165, 1.54) is 23.9 Å². The number of fused-ring (bicyclic) bond motifs is 1. The average molecular weight is 399 g/mol. The monoisotopic (exact) mass is 399 g/mol. The van der Waals surface area contributed by atoms with Crippen LogP contribution in [0, 0.1) is 5.82 Å². The maximum absolute atomic E-state index is 13.2. The molecule has 0 aliphatic heterocycles. The van der Waals surface area contributed by atoms with Gasteiger partial charge in [0, 0.05) is 6.54 Å². The molecule has 2 aromatic carbocycles. The van der Waals surface area contributed by atoms with E-state index in [1.807, 2.05) is 13.0 Å². The van der Waals surface area contributed by atoms with Gasteiger partial charge >= 0.3 is 0 Å². The Labute approximate surface area is 167 Å². The molecule has 1 heterocycles. The van der Waals surface area contributed by atoms with Crippen molar-refractivity contribution < 1.29 is 9.18 Å². The van der Waals surface area contributed by atoms with Crippen LogP contribution in [0.3, 0.4) is 0 Å². The van der Waals surface area contributed by atoms with Crippen molar-refractivity contribution in [1.82, 2.24) is 14.9 Å². The highest BCUT2D eigenvalue weighted by Gasteiger charge is 2.19. The second-order valence-electron chi connectivity index (χ2n) is 6.48. The molecule has 3 aromatic rings. The molecular weight excluding hydrogens is 377 g/mol. The van der Waals surface area contributed by atoms with E-state index in [-0.39, 0.29) is 23.8 Å². The number of benzene rings is 2. The van der Waals surface area contributed by atoms with Crippen LogP contribution in [-0.4, -0.2) is 27.3 Å². The number of nitrogens with zero attached hydrogens (tertiary/aromatic N) is 2. The zero-order chi connectivity index (χ0) is 20.1. The Morgan fingerprint density at radius 2 is 1.93 bits per heavy atom. The maximum Gasteiger partial charge on any atom is 0.262 e. The predicted molar refractivity (Wildman–Crippen MR) is 110 cm³/mol. The van der Waals surface area contributed by atoms with Gasteiger partial charge in [-0.25, -0.2) is 9.37 Å². The summed E-state index contributed by atoms with van der Waals surface area (Å²) in [5, 5.41) is 3.44. The summed E-state index contributed by atoms with van der Waals surface area (Å²) >= 11 is 1.25. The summed E-state index contributed by atoms with van der Waals surface area (Å²) in [6, 6.07) is 13.1. The number of carbonyl (C=O) groups is 1. The molecule has 0 fully saturated rings. The van der Waals surface area contributed by atoms with Gasteiger partial charge in [-0.05, 0) is 43.2 Å². The summed E-state index contributed by atoms with van der Waals surface area (Å²) < 4.78 is 14.8. The lowest BCUT2D eigenvalue weighted by atomic mass is 10.2. The molecule has 3 rings (SSSR count). The summed E-state index contributed by atoms with van der Waals surface area (Å²) in [5.74, 6) is -0.425. The summed E-state index contributed by atoms with van der Waals surface area (Å²) in [6.07, 6.45) is 0.854. The molecule has 0 aliphatic rings. The zero-order valence-electron chi connectivity index (χ0n) is 15.8. The SMILES string of the molecule is CCCNC(=O)[C@@H](C)Sc1nc2ccccc2c(=O)n1Cc1ccc(F)cc1. The third-order valence-corrected chi connectivity index (χ3v) is 5.37. The fourth-order valence-electron chi connectivity index (χ4n) is 2.75. The molecule has 5 nitrogen and oxygen atoms in total.